The molecule has 0 radical (unpaired) electrons. The number of imide groups is 1. The third-order valence-corrected chi connectivity index (χ3v) is 4.20. The van der Waals surface area contributed by atoms with Crippen LogP contribution >= 0.6 is 0 Å². The van der Waals surface area contributed by atoms with Crippen LogP contribution in [0.2, 0.25) is 0 Å². The van der Waals surface area contributed by atoms with Gasteiger partial charge in [-0.05, 0) is 44.0 Å². The summed E-state index contributed by atoms with van der Waals surface area (Å²) in [4.78, 5) is 37.8. The Bertz CT molecular complexity index is 647. The van der Waals surface area contributed by atoms with Crippen molar-refractivity contribution in [3.8, 4) is 5.75 Å². The SMILES string of the molecule is COc1ccc(C2(C)NC(=O)N(CC(=O)NCCCCN)C2=O)cc1. The molecule has 0 bridgehead atoms. The summed E-state index contributed by atoms with van der Waals surface area (Å²) in [6.45, 7) is 2.34. The van der Waals surface area contributed by atoms with E-state index in [-0.39, 0.29) is 12.5 Å². The highest BCUT2D eigenvalue weighted by Gasteiger charge is 2.49. The number of hydrogen-bond acceptors (Lipinski definition) is 5. The van der Waals surface area contributed by atoms with Gasteiger partial charge in [0.1, 0.15) is 17.8 Å². The Morgan fingerprint density at radius 2 is 1.96 bits per heavy atom. The molecule has 8 nitrogen and oxygen atoms in total. The number of methoxy groups -OCH3 is 1. The van der Waals surface area contributed by atoms with Crippen molar-refractivity contribution in [2.45, 2.75) is 25.3 Å². The smallest absolute Gasteiger partial charge is 0.325 e. The minimum absolute atomic E-state index is 0.307. The summed E-state index contributed by atoms with van der Waals surface area (Å²) in [6.07, 6.45) is 1.56. The molecule has 1 aromatic rings. The first-order valence-corrected chi connectivity index (χ1v) is 8.17. The molecule has 0 spiro atoms. The molecule has 1 atom stereocenters. The summed E-state index contributed by atoms with van der Waals surface area (Å²) in [5.74, 6) is -0.183. The van der Waals surface area contributed by atoms with Crippen molar-refractivity contribution < 1.29 is 19.1 Å². The van der Waals surface area contributed by atoms with Crippen molar-refractivity contribution in [2.75, 3.05) is 26.7 Å². The molecular weight excluding hydrogens is 324 g/mol. The van der Waals surface area contributed by atoms with Crippen molar-refractivity contribution in [3.05, 3.63) is 29.8 Å². The summed E-state index contributed by atoms with van der Waals surface area (Å²) in [7, 11) is 1.55. The first-order valence-electron chi connectivity index (χ1n) is 8.17. The van der Waals surface area contributed by atoms with Gasteiger partial charge in [0.2, 0.25) is 5.91 Å². The van der Waals surface area contributed by atoms with Gasteiger partial charge in [-0.15, -0.1) is 0 Å². The van der Waals surface area contributed by atoms with E-state index in [1.807, 2.05) is 0 Å². The Morgan fingerprint density at radius 3 is 2.56 bits per heavy atom. The van der Waals surface area contributed by atoms with Crippen LogP contribution in [-0.2, 0) is 15.1 Å². The number of nitrogens with one attached hydrogen (secondary N) is 2. The first kappa shape index (κ1) is 18.7. The summed E-state index contributed by atoms with van der Waals surface area (Å²) in [6, 6.07) is 6.28. The number of rotatable bonds is 8. The van der Waals surface area contributed by atoms with E-state index in [2.05, 4.69) is 10.6 Å². The van der Waals surface area contributed by atoms with E-state index in [1.54, 1.807) is 38.3 Å². The van der Waals surface area contributed by atoms with E-state index in [1.165, 1.54) is 0 Å². The number of ether oxygens (including phenoxy) is 1. The Kier molecular flexibility index (Phi) is 5.97. The summed E-state index contributed by atoms with van der Waals surface area (Å²) in [5.41, 5.74) is 4.81. The fourth-order valence-electron chi connectivity index (χ4n) is 2.66. The monoisotopic (exact) mass is 348 g/mol. The fraction of sp³-hybridized carbons (Fsp3) is 0.471. The number of hydrogen-bond donors (Lipinski definition) is 3. The zero-order valence-electron chi connectivity index (χ0n) is 14.5. The minimum atomic E-state index is -1.21. The van der Waals surface area contributed by atoms with Gasteiger partial charge >= 0.3 is 6.03 Å². The van der Waals surface area contributed by atoms with Gasteiger partial charge in [-0.2, -0.15) is 0 Å². The number of benzene rings is 1. The van der Waals surface area contributed by atoms with Gasteiger partial charge < -0.3 is 21.1 Å². The molecule has 25 heavy (non-hydrogen) atoms. The molecule has 4 N–H and O–H groups in total. The van der Waals surface area contributed by atoms with Crippen molar-refractivity contribution in [3.63, 3.8) is 0 Å². The van der Waals surface area contributed by atoms with Gasteiger partial charge in [0, 0.05) is 6.54 Å². The van der Waals surface area contributed by atoms with Crippen molar-refractivity contribution >= 4 is 17.8 Å². The predicted molar refractivity (Wildman–Crippen MR) is 91.9 cm³/mol. The van der Waals surface area contributed by atoms with Crippen molar-refractivity contribution in [1.29, 1.82) is 0 Å². The molecule has 1 aliphatic heterocycles. The molecule has 1 aromatic carbocycles. The van der Waals surface area contributed by atoms with Crippen LogP contribution < -0.4 is 21.1 Å². The fourth-order valence-corrected chi connectivity index (χ4v) is 2.66. The maximum Gasteiger partial charge on any atom is 0.325 e. The minimum Gasteiger partial charge on any atom is -0.497 e. The van der Waals surface area contributed by atoms with Gasteiger partial charge in [-0.3, -0.25) is 14.5 Å². The van der Waals surface area contributed by atoms with E-state index in [0.717, 1.165) is 17.7 Å². The van der Waals surface area contributed by atoms with E-state index in [9.17, 15) is 14.4 Å². The van der Waals surface area contributed by atoms with Crippen LogP contribution in [0.3, 0.4) is 0 Å². The lowest BCUT2D eigenvalue weighted by Gasteiger charge is -2.22. The molecule has 1 aliphatic rings. The number of nitrogens with two attached hydrogens (primary N) is 1. The van der Waals surface area contributed by atoms with Crippen LogP contribution in [-0.4, -0.2) is 49.5 Å². The average molecular weight is 348 g/mol. The highest BCUT2D eigenvalue weighted by atomic mass is 16.5. The van der Waals surface area contributed by atoms with Crippen molar-refractivity contribution in [2.24, 2.45) is 5.73 Å². The number of urea groups is 1. The highest BCUT2D eigenvalue weighted by Crippen LogP contribution is 2.29. The number of carbonyl (C=O) groups is 3. The summed E-state index contributed by atoms with van der Waals surface area (Å²) >= 11 is 0. The molecule has 2 rings (SSSR count). The first-order chi connectivity index (χ1) is 11.9. The third-order valence-electron chi connectivity index (χ3n) is 4.20. The molecule has 0 aliphatic carbocycles. The van der Waals surface area contributed by atoms with Crippen LogP contribution in [0.4, 0.5) is 4.79 Å². The zero-order chi connectivity index (χ0) is 18.4. The highest BCUT2D eigenvalue weighted by molar-refractivity contribution is 6.09. The number of amides is 4. The molecule has 8 heteroatoms. The topological polar surface area (TPSA) is 114 Å². The lowest BCUT2D eigenvalue weighted by Crippen LogP contribution is -2.43. The van der Waals surface area contributed by atoms with Crippen LogP contribution in [0.1, 0.15) is 25.3 Å². The van der Waals surface area contributed by atoms with E-state index < -0.39 is 17.5 Å². The molecule has 1 heterocycles. The van der Waals surface area contributed by atoms with Crippen LogP contribution in [0, 0.1) is 0 Å². The van der Waals surface area contributed by atoms with Crippen LogP contribution in [0.15, 0.2) is 24.3 Å². The van der Waals surface area contributed by atoms with E-state index in [4.69, 9.17) is 10.5 Å². The van der Waals surface area contributed by atoms with Crippen LogP contribution in [0.25, 0.3) is 0 Å². The van der Waals surface area contributed by atoms with E-state index in [0.29, 0.717) is 24.4 Å². The Hall–Kier alpha value is -2.61. The number of carbonyl (C=O) groups excluding carboxylic acids is 3. The van der Waals surface area contributed by atoms with Gasteiger partial charge in [0.15, 0.2) is 0 Å². The number of unbranched alkanes of at least 4 members (excludes halogenated alkanes) is 1. The largest absolute Gasteiger partial charge is 0.497 e. The Morgan fingerprint density at radius 1 is 1.28 bits per heavy atom. The molecule has 1 unspecified atom stereocenters. The molecule has 1 fully saturated rings. The second kappa shape index (κ2) is 7.98. The molecule has 4 amide bonds. The van der Waals surface area contributed by atoms with Gasteiger partial charge in [-0.1, -0.05) is 12.1 Å². The normalized spacial score (nSPS) is 19.7. The summed E-state index contributed by atoms with van der Waals surface area (Å²) < 4.78 is 5.10. The van der Waals surface area contributed by atoms with Gasteiger partial charge in [0.05, 0.1) is 7.11 Å². The maximum atomic E-state index is 12.7. The average Bonchev–Trinajstić information content (AvgIpc) is 2.83. The second-order valence-corrected chi connectivity index (χ2v) is 6.02. The van der Waals surface area contributed by atoms with E-state index >= 15 is 0 Å². The predicted octanol–water partition coefficient (Wildman–Crippen LogP) is 0.317. The molecule has 0 aromatic heterocycles. The standard InChI is InChI=1S/C17H24N4O4/c1-17(12-5-7-13(25-2)8-6-12)15(23)21(16(24)20-17)11-14(22)19-10-4-3-9-18/h5-8H,3-4,9-11,18H2,1-2H3,(H,19,22)(H,20,24). The second-order valence-electron chi connectivity index (χ2n) is 6.02. The quantitative estimate of drug-likeness (QED) is 0.462. The molecule has 0 saturated carbocycles. The molecule has 1 saturated heterocycles. The van der Waals surface area contributed by atoms with Gasteiger partial charge in [0.25, 0.3) is 5.91 Å². The lowest BCUT2D eigenvalue weighted by molar-refractivity contribution is -0.134. The number of nitrogens with zero attached hydrogens (tertiary/aromatic N) is 1. The van der Waals surface area contributed by atoms with Crippen LogP contribution in [0.5, 0.6) is 5.75 Å². The zero-order valence-corrected chi connectivity index (χ0v) is 14.5. The summed E-state index contributed by atoms with van der Waals surface area (Å²) in [5, 5.41) is 5.35. The van der Waals surface area contributed by atoms with Crippen molar-refractivity contribution in [1.82, 2.24) is 15.5 Å². The Labute approximate surface area is 146 Å². The lowest BCUT2D eigenvalue weighted by atomic mass is 9.92. The molecule has 136 valence electrons. The van der Waals surface area contributed by atoms with Gasteiger partial charge in [-0.25, -0.2) is 4.79 Å². The molecular formula is C17H24N4O4. The third kappa shape index (κ3) is 4.08. The maximum absolute atomic E-state index is 12.7. The Balaban J connectivity index is 2.04.